The molecule has 0 aromatic carbocycles. The first kappa shape index (κ1) is 7.54. The molecule has 0 aromatic rings. The SMILES string of the molecule is CCNC(=O)[C@H]1CCCO1. The molecule has 10 heavy (non-hydrogen) atoms. The summed E-state index contributed by atoms with van der Waals surface area (Å²) in [7, 11) is 0. The van der Waals surface area contributed by atoms with Crippen molar-refractivity contribution in [1.29, 1.82) is 0 Å². The summed E-state index contributed by atoms with van der Waals surface area (Å²) in [4.78, 5) is 11.0. The lowest BCUT2D eigenvalue weighted by atomic mass is 10.2. The molecule has 0 radical (unpaired) electrons. The zero-order valence-corrected chi connectivity index (χ0v) is 6.22. The summed E-state index contributed by atoms with van der Waals surface area (Å²) in [6.07, 6.45) is 1.73. The van der Waals surface area contributed by atoms with Crippen LogP contribution in [-0.2, 0) is 9.53 Å². The van der Waals surface area contributed by atoms with Gasteiger partial charge in [-0.15, -0.1) is 0 Å². The number of nitrogens with one attached hydrogen (secondary N) is 1. The molecule has 0 unspecified atom stereocenters. The number of hydrogen-bond acceptors (Lipinski definition) is 2. The normalized spacial score (nSPS) is 24.7. The lowest BCUT2D eigenvalue weighted by Gasteiger charge is -2.07. The Labute approximate surface area is 60.7 Å². The van der Waals surface area contributed by atoms with E-state index in [9.17, 15) is 4.79 Å². The van der Waals surface area contributed by atoms with Gasteiger partial charge in [0.2, 0.25) is 5.91 Å². The molecule has 1 amide bonds. The van der Waals surface area contributed by atoms with Gasteiger partial charge in [-0.05, 0) is 19.8 Å². The molecule has 3 heteroatoms. The quantitative estimate of drug-likeness (QED) is 0.603. The van der Waals surface area contributed by atoms with Crippen molar-refractivity contribution in [3.63, 3.8) is 0 Å². The van der Waals surface area contributed by atoms with Crippen molar-refractivity contribution < 1.29 is 9.53 Å². The van der Waals surface area contributed by atoms with Gasteiger partial charge in [0.1, 0.15) is 6.10 Å². The molecule has 1 aliphatic rings. The Balaban J connectivity index is 2.25. The van der Waals surface area contributed by atoms with Gasteiger partial charge in [0, 0.05) is 13.2 Å². The highest BCUT2D eigenvalue weighted by molar-refractivity contribution is 5.80. The van der Waals surface area contributed by atoms with Gasteiger partial charge in [0.05, 0.1) is 0 Å². The van der Waals surface area contributed by atoms with Crippen molar-refractivity contribution in [2.24, 2.45) is 0 Å². The van der Waals surface area contributed by atoms with E-state index in [-0.39, 0.29) is 12.0 Å². The molecule has 0 aromatic heterocycles. The van der Waals surface area contributed by atoms with Crippen molar-refractivity contribution in [3.8, 4) is 0 Å². The third-order valence-electron chi connectivity index (χ3n) is 1.57. The van der Waals surface area contributed by atoms with Crippen LogP contribution in [0.2, 0.25) is 0 Å². The maximum atomic E-state index is 11.0. The maximum Gasteiger partial charge on any atom is 0.249 e. The number of rotatable bonds is 2. The van der Waals surface area contributed by atoms with E-state index in [1.54, 1.807) is 0 Å². The van der Waals surface area contributed by atoms with Crippen LogP contribution >= 0.6 is 0 Å². The van der Waals surface area contributed by atoms with Gasteiger partial charge in [-0.3, -0.25) is 4.79 Å². The van der Waals surface area contributed by atoms with Crippen LogP contribution < -0.4 is 5.32 Å². The van der Waals surface area contributed by atoms with Gasteiger partial charge in [0.25, 0.3) is 0 Å². The summed E-state index contributed by atoms with van der Waals surface area (Å²) in [6.45, 7) is 3.34. The van der Waals surface area contributed by atoms with Crippen molar-refractivity contribution in [2.45, 2.75) is 25.9 Å². The number of carbonyl (C=O) groups is 1. The molecule has 3 nitrogen and oxygen atoms in total. The summed E-state index contributed by atoms with van der Waals surface area (Å²) < 4.78 is 5.16. The number of amides is 1. The van der Waals surface area contributed by atoms with Gasteiger partial charge in [0.15, 0.2) is 0 Å². The number of ether oxygens (including phenoxy) is 1. The van der Waals surface area contributed by atoms with Gasteiger partial charge < -0.3 is 10.1 Å². The van der Waals surface area contributed by atoms with Gasteiger partial charge in [-0.1, -0.05) is 0 Å². The minimum Gasteiger partial charge on any atom is -0.368 e. The molecular formula is C7H13NO2. The Morgan fingerprint density at radius 1 is 1.80 bits per heavy atom. The molecule has 1 rings (SSSR count). The van der Waals surface area contributed by atoms with Crippen LogP contribution in [0.5, 0.6) is 0 Å². The van der Waals surface area contributed by atoms with E-state index in [0.717, 1.165) is 19.4 Å². The summed E-state index contributed by atoms with van der Waals surface area (Å²) in [5.41, 5.74) is 0. The zero-order valence-electron chi connectivity index (χ0n) is 6.22. The van der Waals surface area contributed by atoms with Gasteiger partial charge in [-0.2, -0.15) is 0 Å². The Kier molecular flexibility index (Phi) is 2.68. The van der Waals surface area contributed by atoms with Crippen LogP contribution in [-0.4, -0.2) is 25.2 Å². The second kappa shape index (κ2) is 3.56. The smallest absolute Gasteiger partial charge is 0.249 e. The molecule has 1 fully saturated rings. The summed E-state index contributed by atoms with van der Waals surface area (Å²) in [5.74, 6) is 0.0417. The minimum atomic E-state index is -0.167. The van der Waals surface area contributed by atoms with Gasteiger partial charge >= 0.3 is 0 Å². The molecule has 0 spiro atoms. The molecule has 0 aliphatic carbocycles. The molecule has 1 N–H and O–H groups in total. The Bertz CT molecular complexity index is 119. The van der Waals surface area contributed by atoms with E-state index >= 15 is 0 Å². The van der Waals surface area contributed by atoms with Crippen LogP contribution in [0.3, 0.4) is 0 Å². The average molecular weight is 143 g/mol. The van der Waals surface area contributed by atoms with E-state index in [1.807, 2.05) is 6.92 Å². The molecule has 1 atom stereocenters. The molecule has 1 saturated heterocycles. The summed E-state index contributed by atoms with van der Waals surface area (Å²) in [6, 6.07) is 0. The number of hydrogen-bond donors (Lipinski definition) is 1. The van der Waals surface area contributed by atoms with E-state index in [0.29, 0.717) is 6.54 Å². The molecule has 0 bridgehead atoms. The second-order valence-electron chi connectivity index (χ2n) is 2.40. The predicted molar refractivity (Wildman–Crippen MR) is 37.7 cm³/mol. The fraction of sp³-hybridized carbons (Fsp3) is 0.857. The zero-order chi connectivity index (χ0) is 7.40. The van der Waals surface area contributed by atoms with Crippen LogP contribution in [0.25, 0.3) is 0 Å². The first-order valence-corrected chi connectivity index (χ1v) is 3.74. The fourth-order valence-electron chi connectivity index (χ4n) is 1.07. The van der Waals surface area contributed by atoms with E-state index < -0.39 is 0 Å². The highest BCUT2D eigenvalue weighted by Crippen LogP contribution is 2.11. The molecule has 1 aliphatic heterocycles. The monoisotopic (exact) mass is 143 g/mol. The average Bonchev–Trinajstić information content (AvgIpc) is 2.38. The highest BCUT2D eigenvalue weighted by atomic mass is 16.5. The Morgan fingerprint density at radius 3 is 3.10 bits per heavy atom. The van der Waals surface area contributed by atoms with Crippen LogP contribution in [0, 0.1) is 0 Å². The largest absolute Gasteiger partial charge is 0.368 e. The van der Waals surface area contributed by atoms with E-state index in [1.165, 1.54) is 0 Å². The molecular weight excluding hydrogens is 130 g/mol. The molecule has 0 saturated carbocycles. The van der Waals surface area contributed by atoms with Crippen LogP contribution in [0.15, 0.2) is 0 Å². The molecule has 1 heterocycles. The Hall–Kier alpha value is -0.570. The van der Waals surface area contributed by atoms with Crippen molar-refractivity contribution in [3.05, 3.63) is 0 Å². The first-order chi connectivity index (χ1) is 4.84. The van der Waals surface area contributed by atoms with E-state index in [4.69, 9.17) is 4.74 Å². The lowest BCUT2D eigenvalue weighted by Crippen LogP contribution is -2.33. The van der Waals surface area contributed by atoms with Crippen LogP contribution in [0.4, 0.5) is 0 Å². The Morgan fingerprint density at radius 2 is 2.60 bits per heavy atom. The standard InChI is InChI=1S/C7H13NO2/c1-2-8-7(9)6-4-3-5-10-6/h6H,2-5H2,1H3,(H,8,9)/t6-/m1/s1. The summed E-state index contributed by atoms with van der Waals surface area (Å²) >= 11 is 0. The maximum absolute atomic E-state index is 11.0. The van der Waals surface area contributed by atoms with E-state index in [2.05, 4.69) is 5.32 Å². The first-order valence-electron chi connectivity index (χ1n) is 3.74. The fourth-order valence-corrected chi connectivity index (χ4v) is 1.07. The lowest BCUT2D eigenvalue weighted by molar-refractivity contribution is -0.129. The number of carbonyl (C=O) groups excluding carboxylic acids is 1. The third-order valence-corrected chi connectivity index (χ3v) is 1.57. The molecule has 58 valence electrons. The summed E-state index contributed by atoms with van der Waals surface area (Å²) in [5, 5.41) is 2.72. The number of likely N-dealkylation sites (N-methyl/N-ethyl adjacent to an activating group) is 1. The van der Waals surface area contributed by atoms with Crippen molar-refractivity contribution in [2.75, 3.05) is 13.2 Å². The third kappa shape index (κ3) is 1.70. The van der Waals surface area contributed by atoms with Crippen molar-refractivity contribution in [1.82, 2.24) is 5.32 Å². The highest BCUT2D eigenvalue weighted by Gasteiger charge is 2.22. The topological polar surface area (TPSA) is 38.3 Å². The van der Waals surface area contributed by atoms with Gasteiger partial charge in [-0.25, -0.2) is 0 Å². The minimum absolute atomic E-state index is 0.0417. The van der Waals surface area contributed by atoms with Crippen molar-refractivity contribution >= 4 is 5.91 Å². The predicted octanol–water partition coefficient (Wildman–Crippen LogP) is 0.301. The van der Waals surface area contributed by atoms with Crippen LogP contribution in [0.1, 0.15) is 19.8 Å². The second-order valence-corrected chi connectivity index (χ2v) is 2.40.